The molecule has 0 saturated carbocycles. The second-order valence-corrected chi connectivity index (χ2v) is 3.03. The molecule has 0 aromatic carbocycles. The van der Waals surface area contributed by atoms with Gasteiger partial charge in [0, 0.05) is 12.8 Å². The van der Waals surface area contributed by atoms with E-state index < -0.39 is 0 Å². The Morgan fingerprint density at radius 1 is 1.00 bits per heavy atom. The van der Waals surface area contributed by atoms with E-state index in [-0.39, 0.29) is 0 Å². The molecule has 0 bridgehead atoms. The van der Waals surface area contributed by atoms with Gasteiger partial charge in [0.05, 0.1) is 0 Å². The molecule has 0 spiro atoms. The Morgan fingerprint density at radius 2 is 1.50 bits per heavy atom. The third-order valence-corrected chi connectivity index (χ3v) is 2.47. The summed E-state index contributed by atoms with van der Waals surface area (Å²) >= 11 is 0. The predicted molar refractivity (Wildman–Crippen MR) is 56.8 cm³/mol. The fourth-order valence-electron chi connectivity index (χ4n) is 0.951. The van der Waals surface area contributed by atoms with Crippen LogP contribution >= 0.6 is 0 Å². The fourth-order valence-corrected chi connectivity index (χ4v) is 0.951. The van der Waals surface area contributed by atoms with Crippen LogP contribution in [0.5, 0.6) is 0 Å². The van der Waals surface area contributed by atoms with Gasteiger partial charge >= 0.3 is 0 Å². The number of nitrogens with zero attached hydrogens (tertiary/aromatic N) is 1. The van der Waals surface area contributed by atoms with Crippen molar-refractivity contribution in [1.82, 2.24) is 0 Å². The Morgan fingerprint density at radius 3 is 1.83 bits per heavy atom. The Balaban J connectivity index is 4.95. The van der Waals surface area contributed by atoms with Crippen molar-refractivity contribution in [1.29, 1.82) is 0 Å². The van der Waals surface area contributed by atoms with Gasteiger partial charge in [-0.3, -0.25) is 4.99 Å². The van der Waals surface area contributed by atoms with Crippen molar-refractivity contribution in [2.24, 2.45) is 4.99 Å². The highest BCUT2D eigenvalue weighted by atomic mass is 14.7. The second-order valence-electron chi connectivity index (χ2n) is 3.03. The number of allylic oxidation sites excluding steroid dienone is 4. The Hall–Kier alpha value is -0.850. The minimum atomic E-state index is 1.12. The zero-order chi connectivity index (χ0) is 9.72. The molecule has 0 saturated heterocycles. The highest BCUT2D eigenvalue weighted by molar-refractivity contribution is 5.98. The summed E-state index contributed by atoms with van der Waals surface area (Å²) in [6.45, 7) is 10.5. The lowest BCUT2D eigenvalue weighted by atomic mass is 10.0. The molecule has 1 heteroatoms. The summed E-state index contributed by atoms with van der Waals surface area (Å²) < 4.78 is 0. The maximum Gasteiger partial charge on any atom is 0.0345 e. The quantitative estimate of drug-likeness (QED) is 0.439. The molecule has 0 aliphatic heterocycles. The van der Waals surface area contributed by atoms with Gasteiger partial charge in [-0.05, 0) is 45.8 Å². The van der Waals surface area contributed by atoms with Gasteiger partial charge in [0.25, 0.3) is 0 Å². The summed E-state index contributed by atoms with van der Waals surface area (Å²) in [5, 5.41) is 0. The molecule has 0 amide bonds. The van der Waals surface area contributed by atoms with Crippen LogP contribution in [-0.4, -0.2) is 12.8 Å². The van der Waals surface area contributed by atoms with Crippen molar-refractivity contribution in [3.63, 3.8) is 0 Å². The normalized spacial score (nSPS) is 16.2. The largest absolute Gasteiger partial charge is 0.293 e. The van der Waals surface area contributed by atoms with Crippen LogP contribution < -0.4 is 0 Å². The summed E-state index contributed by atoms with van der Waals surface area (Å²) in [6.07, 6.45) is 2.13. The molecular formula is C11H19N. The molecule has 12 heavy (non-hydrogen) atoms. The Bertz CT molecular complexity index is 216. The van der Waals surface area contributed by atoms with Crippen LogP contribution in [-0.2, 0) is 0 Å². The Labute approximate surface area is 75.9 Å². The van der Waals surface area contributed by atoms with Crippen LogP contribution in [0.15, 0.2) is 27.8 Å². The van der Waals surface area contributed by atoms with E-state index in [9.17, 15) is 0 Å². The molecule has 0 aromatic rings. The minimum Gasteiger partial charge on any atom is -0.293 e. The highest BCUT2D eigenvalue weighted by Crippen LogP contribution is 2.14. The molecule has 0 aliphatic rings. The first-order valence-electron chi connectivity index (χ1n) is 4.29. The average Bonchev–Trinajstić information content (AvgIpc) is 2.12. The topological polar surface area (TPSA) is 12.4 Å². The zero-order valence-electron chi connectivity index (χ0n) is 9.02. The Kier molecular flexibility index (Phi) is 4.57. The van der Waals surface area contributed by atoms with E-state index in [0.29, 0.717) is 0 Å². The van der Waals surface area contributed by atoms with E-state index in [2.05, 4.69) is 38.8 Å². The van der Waals surface area contributed by atoms with E-state index in [1.165, 1.54) is 16.7 Å². The van der Waals surface area contributed by atoms with Crippen molar-refractivity contribution in [2.45, 2.75) is 34.6 Å². The van der Waals surface area contributed by atoms with Crippen molar-refractivity contribution in [3.05, 3.63) is 22.8 Å². The standard InChI is InChI=1S/C11H19N/c1-7-8(2)9(3)10(4)11(5)12-6/h7H,1-6H3/b8-7+,10-9-,12-11?. The van der Waals surface area contributed by atoms with Crippen LogP contribution in [0.25, 0.3) is 0 Å². The van der Waals surface area contributed by atoms with E-state index >= 15 is 0 Å². The van der Waals surface area contributed by atoms with Crippen LogP contribution in [0.2, 0.25) is 0 Å². The first kappa shape index (κ1) is 11.2. The smallest absolute Gasteiger partial charge is 0.0345 e. The van der Waals surface area contributed by atoms with Crippen molar-refractivity contribution < 1.29 is 0 Å². The van der Waals surface area contributed by atoms with Crippen LogP contribution in [0.4, 0.5) is 0 Å². The summed E-state index contributed by atoms with van der Waals surface area (Å²) in [5.74, 6) is 0. The summed E-state index contributed by atoms with van der Waals surface area (Å²) in [6, 6.07) is 0. The molecule has 0 unspecified atom stereocenters. The molecule has 0 aliphatic carbocycles. The number of rotatable bonds is 2. The summed E-state index contributed by atoms with van der Waals surface area (Å²) in [5.41, 5.74) is 5.07. The summed E-state index contributed by atoms with van der Waals surface area (Å²) in [7, 11) is 1.83. The van der Waals surface area contributed by atoms with E-state index in [1.807, 2.05) is 14.0 Å². The lowest BCUT2D eigenvalue weighted by Gasteiger charge is -2.07. The molecule has 68 valence electrons. The average molecular weight is 165 g/mol. The van der Waals surface area contributed by atoms with Gasteiger partial charge in [-0.15, -0.1) is 0 Å². The molecule has 1 nitrogen and oxygen atoms in total. The maximum absolute atomic E-state index is 4.16. The monoisotopic (exact) mass is 165 g/mol. The number of hydrogen-bond acceptors (Lipinski definition) is 1. The van der Waals surface area contributed by atoms with Gasteiger partial charge in [-0.25, -0.2) is 0 Å². The number of hydrogen-bond donors (Lipinski definition) is 0. The van der Waals surface area contributed by atoms with Gasteiger partial charge in [0.15, 0.2) is 0 Å². The fraction of sp³-hybridized carbons (Fsp3) is 0.545. The highest BCUT2D eigenvalue weighted by Gasteiger charge is 2.00. The zero-order valence-corrected chi connectivity index (χ0v) is 9.02. The summed E-state index contributed by atoms with van der Waals surface area (Å²) in [4.78, 5) is 4.16. The third-order valence-electron chi connectivity index (χ3n) is 2.47. The molecule has 0 atom stereocenters. The van der Waals surface area contributed by atoms with E-state index in [4.69, 9.17) is 0 Å². The molecule has 0 N–H and O–H groups in total. The number of aliphatic imine (C=N–C) groups is 1. The van der Waals surface area contributed by atoms with Crippen LogP contribution in [0.1, 0.15) is 34.6 Å². The van der Waals surface area contributed by atoms with Crippen molar-refractivity contribution in [3.8, 4) is 0 Å². The molecule has 0 aromatic heterocycles. The second kappa shape index (κ2) is 4.91. The third kappa shape index (κ3) is 2.65. The molecule has 0 heterocycles. The lowest BCUT2D eigenvalue weighted by molar-refractivity contribution is 1.26. The molecular weight excluding hydrogens is 146 g/mol. The molecule has 0 rings (SSSR count). The van der Waals surface area contributed by atoms with Gasteiger partial charge < -0.3 is 0 Å². The first-order chi connectivity index (χ1) is 5.54. The van der Waals surface area contributed by atoms with Crippen molar-refractivity contribution in [2.75, 3.05) is 7.05 Å². The van der Waals surface area contributed by atoms with Gasteiger partial charge in [-0.2, -0.15) is 0 Å². The van der Waals surface area contributed by atoms with Gasteiger partial charge in [0.2, 0.25) is 0 Å². The van der Waals surface area contributed by atoms with Gasteiger partial charge in [0.1, 0.15) is 0 Å². The maximum atomic E-state index is 4.16. The van der Waals surface area contributed by atoms with Crippen LogP contribution in [0.3, 0.4) is 0 Å². The van der Waals surface area contributed by atoms with E-state index in [1.54, 1.807) is 0 Å². The first-order valence-corrected chi connectivity index (χ1v) is 4.29. The molecule has 0 fully saturated rings. The minimum absolute atomic E-state index is 1.12. The van der Waals surface area contributed by atoms with Crippen LogP contribution in [0, 0.1) is 0 Å². The lowest BCUT2D eigenvalue weighted by Crippen LogP contribution is -1.97. The van der Waals surface area contributed by atoms with Gasteiger partial charge in [-0.1, -0.05) is 11.6 Å². The SMILES string of the molecule is C/C=C(C)/C(C)=C(/C)C(C)=NC. The van der Waals surface area contributed by atoms with E-state index in [0.717, 1.165) is 5.71 Å². The molecule has 0 radical (unpaired) electrons. The predicted octanol–water partition coefficient (Wildman–Crippen LogP) is 3.38. The van der Waals surface area contributed by atoms with Crippen molar-refractivity contribution >= 4 is 5.71 Å².